The van der Waals surface area contributed by atoms with E-state index in [4.69, 9.17) is 0 Å². The maximum Gasteiger partial charge on any atom is 0.198 e. The summed E-state index contributed by atoms with van der Waals surface area (Å²) in [5.74, 6) is -1.67. The number of hydrogen-bond donors (Lipinski definition) is 2. The molecule has 0 aliphatic heterocycles. The standard InChI is InChI=1S/C18H11NO4/c1-8-6-7-11-14(19-8)18(23)13-12(17(11)22)15(20)9-4-2-3-5-10(9)16(13)21/h2-7,22-23H,1H3. The van der Waals surface area contributed by atoms with Crippen molar-refractivity contribution in [2.24, 2.45) is 0 Å². The summed E-state index contributed by atoms with van der Waals surface area (Å²) in [5.41, 5.74) is 0.830. The molecule has 1 aliphatic carbocycles. The predicted molar refractivity (Wildman–Crippen MR) is 83.1 cm³/mol. The molecular formula is C18H11NO4. The Balaban J connectivity index is 2.18. The summed E-state index contributed by atoms with van der Waals surface area (Å²) in [7, 11) is 0. The van der Waals surface area contributed by atoms with Crippen LogP contribution in [-0.4, -0.2) is 26.8 Å². The van der Waals surface area contributed by atoms with E-state index in [0.29, 0.717) is 5.69 Å². The lowest BCUT2D eigenvalue weighted by molar-refractivity contribution is 0.0974. The molecular weight excluding hydrogens is 294 g/mol. The number of aromatic hydroxyl groups is 2. The second kappa shape index (κ2) is 4.39. The van der Waals surface area contributed by atoms with Gasteiger partial charge in [0.2, 0.25) is 0 Å². The lowest BCUT2D eigenvalue weighted by Crippen LogP contribution is -2.21. The second-order valence-electron chi connectivity index (χ2n) is 5.50. The van der Waals surface area contributed by atoms with E-state index in [1.54, 1.807) is 31.2 Å². The molecule has 4 rings (SSSR count). The number of carbonyl (C=O) groups is 2. The second-order valence-corrected chi connectivity index (χ2v) is 5.50. The first-order valence-electron chi connectivity index (χ1n) is 7.04. The Kier molecular flexibility index (Phi) is 2.57. The summed E-state index contributed by atoms with van der Waals surface area (Å²) in [4.78, 5) is 29.6. The maximum absolute atomic E-state index is 12.7. The molecule has 1 aliphatic rings. The van der Waals surface area contributed by atoms with Crippen molar-refractivity contribution in [3.05, 3.63) is 64.3 Å². The molecule has 0 amide bonds. The number of carbonyl (C=O) groups excluding carboxylic acids is 2. The highest BCUT2D eigenvalue weighted by Crippen LogP contribution is 2.43. The van der Waals surface area contributed by atoms with E-state index < -0.39 is 11.6 Å². The Bertz CT molecular complexity index is 1040. The van der Waals surface area contributed by atoms with Gasteiger partial charge in [-0.15, -0.1) is 0 Å². The van der Waals surface area contributed by atoms with Crippen LogP contribution in [0.1, 0.15) is 37.5 Å². The number of hydrogen-bond acceptors (Lipinski definition) is 5. The van der Waals surface area contributed by atoms with E-state index in [2.05, 4.69) is 4.98 Å². The van der Waals surface area contributed by atoms with Crippen molar-refractivity contribution in [3.8, 4) is 11.5 Å². The molecule has 2 N–H and O–H groups in total. The van der Waals surface area contributed by atoms with Crippen LogP contribution in [0.4, 0.5) is 0 Å². The van der Waals surface area contributed by atoms with Gasteiger partial charge in [-0.3, -0.25) is 9.59 Å². The van der Waals surface area contributed by atoms with Crippen LogP contribution in [0, 0.1) is 6.92 Å². The number of nitrogens with zero attached hydrogens (tertiary/aromatic N) is 1. The molecule has 1 aromatic heterocycles. The highest BCUT2D eigenvalue weighted by atomic mass is 16.3. The third kappa shape index (κ3) is 1.64. The molecule has 1 heterocycles. The monoisotopic (exact) mass is 305 g/mol. The Labute approximate surface area is 130 Å². The van der Waals surface area contributed by atoms with Gasteiger partial charge in [-0.25, -0.2) is 4.98 Å². The number of benzene rings is 2. The van der Waals surface area contributed by atoms with Crippen LogP contribution >= 0.6 is 0 Å². The molecule has 0 saturated carbocycles. The van der Waals surface area contributed by atoms with Gasteiger partial charge in [0.1, 0.15) is 11.3 Å². The third-order valence-corrected chi connectivity index (χ3v) is 4.11. The molecule has 2 aromatic carbocycles. The summed E-state index contributed by atoms with van der Waals surface area (Å²) >= 11 is 0. The molecule has 5 nitrogen and oxygen atoms in total. The van der Waals surface area contributed by atoms with Crippen molar-refractivity contribution >= 4 is 22.5 Å². The minimum Gasteiger partial charge on any atom is -0.506 e. The smallest absolute Gasteiger partial charge is 0.198 e. The minimum atomic E-state index is -0.492. The summed E-state index contributed by atoms with van der Waals surface area (Å²) in [5, 5.41) is 21.3. The van der Waals surface area contributed by atoms with Crippen molar-refractivity contribution in [1.82, 2.24) is 4.98 Å². The van der Waals surface area contributed by atoms with Gasteiger partial charge in [0.05, 0.1) is 11.1 Å². The molecule has 0 fully saturated rings. The van der Waals surface area contributed by atoms with Crippen molar-refractivity contribution in [2.45, 2.75) is 6.92 Å². The topological polar surface area (TPSA) is 87.5 Å². The predicted octanol–water partition coefficient (Wildman–Crippen LogP) is 2.73. The van der Waals surface area contributed by atoms with Crippen LogP contribution in [-0.2, 0) is 0 Å². The number of aromatic nitrogens is 1. The van der Waals surface area contributed by atoms with E-state index in [0.717, 1.165) is 0 Å². The van der Waals surface area contributed by atoms with E-state index in [1.165, 1.54) is 12.1 Å². The lowest BCUT2D eigenvalue weighted by Gasteiger charge is -2.20. The van der Waals surface area contributed by atoms with Crippen LogP contribution in [0.3, 0.4) is 0 Å². The zero-order chi connectivity index (χ0) is 16.3. The molecule has 112 valence electrons. The van der Waals surface area contributed by atoms with Crippen LogP contribution in [0.15, 0.2) is 36.4 Å². The van der Waals surface area contributed by atoms with Gasteiger partial charge in [0.25, 0.3) is 0 Å². The Morgan fingerprint density at radius 3 is 2.00 bits per heavy atom. The Hall–Kier alpha value is -3.21. The minimum absolute atomic E-state index is 0.113. The first-order valence-corrected chi connectivity index (χ1v) is 7.04. The summed E-state index contributed by atoms with van der Waals surface area (Å²) in [6.45, 7) is 1.73. The molecule has 0 saturated heterocycles. The van der Waals surface area contributed by atoms with Gasteiger partial charge < -0.3 is 10.2 Å². The largest absolute Gasteiger partial charge is 0.506 e. The number of ketones is 2. The summed E-state index contributed by atoms with van der Waals surface area (Å²) < 4.78 is 0. The number of rotatable bonds is 0. The van der Waals surface area contributed by atoms with E-state index in [-0.39, 0.29) is 44.7 Å². The van der Waals surface area contributed by atoms with Gasteiger partial charge in [-0.2, -0.15) is 0 Å². The van der Waals surface area contributed by atoms with Crippen LogP contribution in [0.5, 0.6) is 11.5 Å². The average molecular weight is 305 g/mol. The summed E-state index contributed by atoms with van der Waals surface area (Å²) in [6.07, 6.45) is 0. The quantitative estimate of drug-likeness (QED) is 0.488. The Morgan fingerprint density at radius 1 is 0.826 bits per heavy atom. The van der Waals surface area contributed by atoms with Crippen molar-refractivity contribution < 1.29 is 19.8 Å². The molecule has 23 heavy (non-hydrogen) atoms. The van der Waals surface area contributed by atoms with Gasteiger partial charge in [0, 0.05) is 22.2 Å². The highest BCUT2D eigenvalue weighted by Gasteiger charge is 2.36. The number of pyridine rings is 1. The lowest BCUT2D eigenvalue weighted by atomic mass is 9.82. The summed E-state index contributed by atoms with van der Waals surface area (Å²) in [6, 6.07) is 9.60. The number of phenolic OH excluding ortho intramolecular Hbond substituents is 2. The van der Waals surface area contributed by atoms with Gasteiger partial charge >= 0.3 is 0 Å². The van der Waals surface area contributed by atoms with Crippen molar-refractivity contribution in [2.75, 3.05) is 0 Å². The molecule has 0 radical (unpaired) electrons. The average Bonchev–Trinajstić information content (AvgIpc) is 2.56. The zero-order valence-electron chi connectivity index (χ0n) is 12.1. The molecule has 0 atom stereocenters. The highest BCUT2D eigenvalue weighted by molar-refractivity contribution is 6.32. The molecule has 0 spiro atoms. The third-order valence-electron chi connectivity index (χ3n) is 4.11. The molecule has 3 aromatic rings. The van der Waals surface area contributed by atoms with Crippen LogP contribution in [0.2, 0.25) is 0 Å². The van der Waals surface area contributed by atoms with E-state index in [1.807, 2.05) is 0 Å². The van der Waals surface area contributed by atoms with E-state index in [9.17, 15) is 19.8 Å². The number of phenols is 2. The van der Waals surface area contributed by atoms with Crippen molar-refractivity contribution in [3.63, 3.8) is 0 Å². The van der Waals surface area contributed by atoms with Crippen LogP contribution in [0.25, 0.3) is 10.9 Å². The van der Waals surface area contributed by atoms with Crippen molar-refractivity contribution in [1.29, 1.82) is 0 Å². The van der Waals surface area contributed by atoms with Gasteiger partial charge in [-0.1, -0.05) is 24.3 Å². The fraction of sp³-hybridized carbons (Fsp3) is 0.0556. The fourth-order valence-electron chi connectivity index (χ4n) is 3.01. The van der Waals surface area contributed by atoms with Crippen LogP contribution < -0.4 is 0 Å². The fourth-order valence-corrected chi connectivity index (χ4v) is 3.01. The first kappa shape index (κ1) is 13.5. The zero-order valence-corrected chi connectivity index (χ0v) is 12.1. The normalized spacial score (nSPS) is 13.1. The first-order chi connectivity index (χ1) is 11.0. The number of fused-ring (bicyclic) bond motifs is 3. The Morgan fingerprint density at radius 2 is 1.39 bits per heavy atom. The number of aryl methyl sites for hydroxylation is 1. The SMILES string of the molecule is Cc1ccc2c(O)c3c(c(O)c2n1)C(=O)c1ccccc1C3=O. The molecule has 0 bridgehead atoms. The molecule has 5 heteroatoms. The molecule has 0 unspecified atom stereocenters. The van der Waals surface area contributed by atoms with E-state index >= 15 is 0 Å². The van der Waals surface area contributed by atoms with Gasteiger partial charge in [-0.05, 0) is 19.1 Å². The maximum atomic E-state index is 12.7. The van der Waals surface area contributed by atoms with Gasteiger partial charge in [0.15, 0.2) is 17.3 Å².